The molecular weight excluding hydrogens is 228 g/mol. The molecule has 1 aliphatic carbocycles. The number of methoxy groups -OCH3 is 1. The second-order valence-electron chi connectivity index (χ2n) is 5.39. The lowest BCUT2D eigenvalue weighted by Crippen LogP contribution is -2.47. The number of hydrazine groups is 1. The van der Waals surface area contributed by atoms with Crippen LogP contribution in [0.25, 0.3) is 0 Å². The predicted octanol–water partition coefficient (Wildman–Crippen LogP) is 1.40. The molecule has 1 rings (SSSR count). The number of nitrogens with one attached hydrogen (secondary N) is 2. The van der Waals surface area contributed by atoms with Gasteiger partial charge >= 0.3 is 0 Å². The first-order valence-electron chi connectivity index (χ1n) is 6.95. The van der Waals surface area contributed by atoms with Gasteiger partial charge in [-0.2, -0.15) is 0 Å². The Morgan fingerprint density at radius 2 is 2.17 bits per heavy atom. The van der Waals surface area contributed by atoms with Crippen LogP contribution in [-0.4, -0.2) is 31.8 Å². The summed E-state index contributed by atoms with van der Waals surface area (Å²) in [5.74, 6) is 7.03. The van der Waals surface area contributed by atoms with Gasteiger partial charge in [0, 0.05) is 13.2 Å². The summed E-state index contributed by atoms with van der Waals surface area (Å²) in [5, 5.41) is 3.24. The molecule has 0 spiro atoms. The van der Waals surface area contributed by atoms with E-state index in [9.17, 15) is 0 Å². The number of nitrogens with two attached hydrogens (primary N) is 1. The van der Waals surface area contributed by atoms with Crippen molar-refractivity contribution in [3.63, 3.8) is 0 Å². The maximum Gasteiger partial charge on any atom is 0.206 e. The Hall–Kier alpha value is -0.810. The number of aliphatic imine (C=N–C) groups is 1. The molecule has 0 aromatic carbocycles. The Labute approximate surface area is 111 Å². The van der Waals surface area contributed by atoms with Crippen LogP contribution in [0.3, 0.4) is 0 Å². The van der Waals surface area contributed by atoms with E-state index in [1.54, 1.807) is 7.11 Å². The summed E-state index contributed by atoms with van der Waals surface area (Å²) in [6.45, 7) is 5.01. The Balaban J connectivity index is 2.49. The van der Waals surface area contributed by atoms with Crippen LogP contribution in [-0.2, 0) is 4.74 Å². The van der Waals surface area contributed by atoms with E-state index in [2.05, 4.69) is 22.7 Å². The lowest BCUT2D eigenvalue weighted by atomic mass is 10.0. The van der Waals surface area contributed by atoms with Gasteiger partial charge in [-0.15, -0.1) is 0 Å². The lowest BCUT2D eigenvalue weighted by Gasteiger charge is -2.18. The highest BCUT2D eigenvalue weighted by molar-refractivity contribution is 5.79. The molecule has 1 fully saturated rings. The quantitative estimate of drug-likeness (QED) is 0.234. The Morgan fingerprint density at radius 1 is 1.39 bits per heavy atom. The third-order valence-corrected chi connectivity index (χ3v) is 3.48. The van der Waals surface area contributed by atoms with E-state index in [1.807, 2.05) is 6.92 Å². The lowest BCUT2D eigenvalue weighted by molar-refractivity contribution is 0.179. The fourth-order valence-corrected chi connectivity index (χ4v) is 2.42. The number of hydrogen-bond donors (Lipinski definition) is 3. The van der Waals surface area contributed by atoms with Crippen molar-refractivity contribution in [1.82, 2.24) is 10.7 Å². The Bertz CT molecular complexity index is 257. The molecule has 1 saturated carbocycles. The van der Waals surface area contributed by atoms with E-state index in [1.165, 1.54) is 19.3 Å². The number of hydrogen-bond acceptors (Lipinski definition) is 3. The molecule has 0 amide bonds. The molecule has 5 nitrogen and oxygen atoms in total. The van der Waals surface area contributed by atoms with Gasteiger partial charge < -0.3 is 10.1 Å². The maximum atomic E-state index is 5.52. The topological polar surface area (TPSA) is 71.7 Å². The summed E-state index contributed by atoms with van der Waals surface area (Å²) in [4.78, 5) is 4.68. The molecule has 0 aromatic heterocycles. The predicted molar refractivity (Wildman–Crippen MR) is 75.3 cm³/mol. The minimum Gasteiger partial charge on any atom is -0.383 e. The monoisotopic (exact) mass is 256 g/mol. The molecular formula is C13H28N4O. The minimum atomic E-state index is 0.203. The van der Waals surface area contributed by atoms with Crippen molar-refractivity contribution < 1.29 is 4.74 Å². The van der Waals surface area contributed by atoms with Crippen LogP contribution in [0.2, 0.25) is 0 Å². The third-order valence-electron chi connectivity index (χ3n) is 3.48. The molecule has 0 radical (unpaired) electrons. The summed E-state index contributed by atoms with van der Waals surface area (Å²) in [6, 6.07) is 0.595. The fourth-order valence-electron chi connectivity index (χ4n) is 2.42. The molecule has 106 valence electrons. The zero-order valence-electron chi connectivity index (χ0n) is 11.9. The second-order valence-corrected chi connectivity index (χ2v) is 5.39. The van der Waals surface area contributed by atoms with Crippen molar-refractivity contribution in [3.05, 3.63) is 0 Å². The van der Waals surface area contributed by atoms with Gasteiger partial charge in [0.05, 0.1) is 12.6 Å². The molecule has 0 aromatic rings. The van der Waals surface area contributed by atoms with Gasteiger partial charge in [0.25, 0.3) is 0 Å². The molecule has 0 saturated heterocycles. The fraction of sp³-hybridized carbons (Fsp3) is 0.923. The van der Waals surface area contributed by atoms with Gasteiger partial charge in [0.15, 0.2) is 0 Å². The summed E-state index contributed by atoms with van der Waals surface area (Å²) >= 11 is 0. The minimum absolute atomic E-state index is 0.203. The van der Waals surface area contributed by atoms with Crippen LogP contribution in [0.15, 0.2) is 4.99 Å². The number of nitrogens with zero attached hydrogens (tertiary/aromatic N) is 1. The van der Waals surface area contributed by atoms with Crippen LogP contribution in [0.1, 0.15) is 46.0 Å². The van der Waals surface area contributed by atoms with Crippen LogP contribution < -0.4 is 16.6 Å². The summed E-state index contributed by atoms with van der Waals surface area (Å²) in [6.07, 6.45) is 6.17. The van der Waals surface area contributed by atoms with E-state index in [0.29, 0.717) is 18.6 Å². The molecule has 4 N–H and O–H groups in total. The van der Waals surface area contributed by atoms with E-state index in [0.717, 1.165) is 18.8 Å². The normalized spacial score (nSPS) is 27.4. The van der Waals surface area contributed by atoms with Gasteiger partial charge in [-0.05, 0) is 32.1 Å². The van der Waals surface area contributed by atoms with Crippen LogP contribution in [0, 0.1) is 5.92 Å². The Morgan fingerprint density at radius 3 is 2.83 bits per heavy atom. The maximum absolute atomic E-state index is 5.52. The number of rotatable bonds is 4. The van der Waals surface area contributed by atoms with Gasteiger partial charge in [0.1, 0.15) is 0 Å². The smallest absolute Gasteiger partial charge is 0.206 e. The van der Waals surface area contributed by atoms with Crippen LogP contribution in [0.5, 0.6) is 0 Å². The van der Waals surface area contributed by atoms with Gasteiger partial charge in [-0.1, -0.05) is 19.8 Å². The summed E-state index contributed by atoms with van der Waals surface area (Å²) in [5.41, 5.74) is 2.65. The van der Waals surface area contributed by atoms with Crippen molar-refractivity contribution in [1.29, 1.82) is 0 Å². The number of ether oxygens (including phenoxy) is 1. The van der Waals surface area contributed by atoms with Gasteiger partial charge in [0.2, 0.25) is 5.96 Å². The average Bonchev–Trinajstić information content (AvgIpc) is 2.54. The zero-order chi connectivity index (χ0) is 13.4. The first-order chi connectivity index (χ1) is 8.65. The Kier molecular flexibility index (Phi) is 7.05. The van der Waals surface area contributed by atoms with E-state index in [-0.39, 0.29) is 6.04 Å². The summed E-state index contributed by atoms with van der Waals surface area (Å²) < 4.78 is 5.09. The van der Waals surface area contributed by atoms with Gasteiger partial charge in [-0.25, -0.2) is 10.8 Å². The molecule has 3 atom stereocenters. The molecule has 1 aliphatic rings. The van der Waals surface area contributed by atoms with Crippen LogP contribution in [0.4, 0.5) is 0 Å². The highest BCUT2D eigenvalue weighted by atomic mass is 16.5. The number of guanidine groups is 1. The third kappa shape index (κ3) is 5.69. The van der Waals surface area contributed by atoms with Gasteiger partial charge in [-0.3, -0.25) is 5.43 Å². The van der Waals surface area contributed by atoms with Crippen molar-refractivity contribution in [2.75, 3.05) is 13.7 Å². The highest BCUT2D eigenvalue weighted by Gasteiger charge is 2.16. The molecule has 18 heavy (non-hydrogen) atoms. The molecule has 0 bridgehead atoms. The van der Waals surface area contributed by atoms with Crippen molar-refractivity contribution in [2.24, 2.45) is 16.8 Å². The first-order valence-corrected chi connectivity index (χ1v) is 6.95. The molecule has 3 unspecified atom stereocenters. The van der Waals surface area contributed by atoms with Crippen LogP contribution >= 0.6 is 0 Å². The average molecular weight is 256 g/mol. The molecule has 0 aliphatic heterocycles. The van der Waals surface area contributed by atoms with Crippen molar-refractivity contribution in [3.8, 4) is 0 Å². The summed E-state index contributed by atoms with van der Waals surface area (Å²) in [7, 11) is 1.69. The van der Waals surface area contributed by atoms with E-state index in [4.69, 9.17) is 10.6 Å². The van der Waals surface area contributed by atoms with E-state index < -0.39 is 0 Å². The van der Waals surface area contributed by atoms with Crippen molar-refractivity contribution in [2.45, 2.75) is 58.0 Å². The van der Waals surface area contributed by atoms with E-state index >= 15 is 0 Å². The first kappa shape index (κ1) is 15.2. The largest absolute Gasteiger partial charge is 0.383 e. The highest BCUT2D eigenvalue weighted by Crippen LogP contribution is 2.24. The standard InChI is InChI=1S/C13H28N4O/c1-10-5-4-6-12(8-7-10)16-13(17-14)15-11(2)9-18-3/h10-12H,4-9,14H2,1-3H3,(H2,15,16,17). The second kappa shape index (κ2) is 8.32. The molecule has 5 heteroatoms. The van der Waals surface area contributed by atoms with Crippen molar-refractivity contribution >= 4 is 5.96 Å². The SMILES string of the molecule is COCC(C)NC(=NC1CCCC(C)CC1)NN. The zero-order valence-corrected chi connectivity index (χ0v) is 11.9. The molecule has 0 heterocycles.